The Bertz CT molecular complexity index is 740. The molecule has 1 fully saturated rings. The lowest BCUT2D eigenvalue weighted by Gasteiger charge is -2.38. The Morgan fingerprint density at radius 1 is 1.36 bits per heavy atom. The lowest BCUT2D eigenvalue weighted by Crippen LogP contribution is -2.46. The molecule has 0 bridgehead atoms. The lowest BCUT2D eigenvalue weighted by atomic mass is 9.87. The van der Waals surface area contributed by atoms with E-state index in [2.05, 4.69) is 0 Å². The second-order valence-electron chi connectivity index (χ2n) is 6.20. The minimum atomic E-state index is -0.918. The van der Waals surface area contributed by atoms with Crippen LogP contribution in [0, 0.1) is 12.8 Å². The molecule has 2 aromatic rings. The Kier molecular flexibility index (Phi) is 5.07. The van der Waals surface area contributed by atoms with Gasteiger partial charge < -0.3 is 19.2 Å². The van der Waals surface area contributed by atoms with Gasteiger partial charge in [-0.2, -0.15) is 0 Å². The predicted octanol–water partition coefficient (Wildman–Crippen LogP) is 3.03. The number of aliphatic carboxylic acids is 1. The molecule has 1 N–H and O–H groups in total. The first-order chi connectivity index (χ1) is 12.1. The zero-order valence-corrected chi connectivity index (χ0v) is 14.1. The Hall–Kier alpha value is -2.76. The Balaban J connectivity index is 1.73. The summed E-state index contributed by atoms with van der Waals surface area (Å²) in [6.07, 6.45) is 2.03. The second-order valence-corrected chi connectivity index (χ2v) is 6.20. The third-order valence-electron chi connectivity index (χ3n) is 4.45. The molecule has 1 saturated heterocycles. The predicted molar refractivity (Wildman–Crippen MR) is 90.2 cm³/mol. The minimum absolute atomic E-state index is 0.0771. The van der Waals surface area contributed by atoms with Crippen LogP contribution in [0.2, 0.25) is 0 Å². The summed E-state index contributed by atoms with van der Waals surface area (Å²) in [5.41, 5.74) is 1.09. The van der Waals surface area contributed by atoms with E-state index in [1.807, 2.05) is 31.2 Å². The number of amides is 1. The molecule has 0 radical (unpaired) electrons. The molecule has 1 aliphatic heterocycles. The number of aryl methyl sites for hydroxylation is 1. The topological polar surface area (TPSA) is 80.0 Å². The van der Waals surface area contributed by atoms with Crippen molar-refractivity contribution in [3.63, 3.8) is 0 Å². The fraction of sp³-hybridized carbons (Fsp3) is 0.368. The molecule has 1 aliphatic rings. The first-order valence-electron chi connectivity index (χ1n) is 8.31. The summed E-state index contributed by atoms with van der Waals surface area (Å²) < 4.78 is 11.1. The summed E-state index contributed by atoms with van der Waals surface area (Å²) in [6, 6.07) is 10.5. The SMILES string of the molecule is Cc1cccc(OCCN2C(=O)CC[C@@H](C(=O)O)[C@@H]2c2ccco2)c1. The molecule has 0 saturated carbocycles. The molecule has 1 aromatic heterocycles. The van der Waals surface area contributed by atoms with Gasteiger partial charge in [-0.1, -0.05) is 12.1 Å². The van der Waals surface area contributed by atoms with E-state index in [0.717, 1.165) is 11.3 Å². The zero-order chi connectivity index (χ0) is 17.8. The van der Waals surface area contributed by atoms with Gasteiger partial charge in [0.2, 0.25) is 5.91 Å². The molecule has 6 nitrogen and oxygen atoms in total. The van der Waals surface area contributed by atoms with Crippen LogP contribution in [0.3, 0.4) is 0 Å². The highest BCUT2D eigenvalue weighted by Crippen LogP contribution is 2.37. The van der Waals surface area contributed by atoms with E-state index in [0.29, 0.717) is 25.3 Å². The number of benzene rings is 1. The second kappa shape index (κ2) is 7.42. The van der Waals surface area contributed by atoms with Crippen molar-refractivity contribution < 1.29 is 23.8 Å². The zero-order valence-electron chi connectivity index (χ0n) is 14.1. The average molecular weight is 343 g/mol. The summed E-state index contributed by atoms with van der Waals surface area (Å²) in [6.45, 7) is 2.58. The smallest absolute Gasteiger partial charge is 0.309 e. The van der Waals surface area contributed by atoms with E-state index in [1.165, 1.54) is 6.26 Å². The molecule has 0 spiro atoms. The van der Waals surface area contributed by atoms with Gasteiger partial charge in [0.15, 0.2) is 0 Å². The highest BCUT2D eigenvalue weighted by molar-refractivity contribution is 5.81. The molecule has 1 amide bonds. The monoisotopic (exact) mass is 343 g/mol. The number of ether oxygens (including phenoxy) is 1. The van der Waals surface area contributed by atoms with Gasteiger partial charge in [0.1, 0.15) is 24.2 Å². The Labute approximate surface area is 146 Å². The van der Waals surface area contributed by atoms with Crippen molar-refractivity contribution in [2.75, 3.05) is 13.2 Å². The van der Waals surface area contributed by atoms with Crippen LogP contribution in [0.15, 0.2) is 47.1 Å². The van der Waals surface area contributed by atoms with E-state index >= 15 is 0 Å². The van der Waals surface area contributed by atoms with Gasteiger partial charge >= 0.3 is 5.97 Å². The van der Waals surface area contributed by atoms with Gasteiger partial charge in [0.25, 0.3) is 0 Å². The van der Waals surface area contributed by atoms with Gasteiger partial charge in [-0.15, -0.1) is 0 Å². The largest absolute Gasteiger partial charge is 0.492 e. The van der Waals surface area contributed by atoms with Gasteiger partial charge in [0, 0.05) is 6.42 Å². The number of piperidine rings is 1. The number of carboxylic acids is 1. The normalized spacial score (nSPS) is 20.5. The van der Waals surface area contributed by atoms with Crippen molar-refractivity contribution in [3.05, 3.63) is 54.0 Å². The molecule has 2 atom stereocenters. The van der Waals surface area contributed by atoms with E-state index in [4.69, 9.17) is 9.15 Å². The van der Waals surface area contributed by atoms with E-state index in [1.54, 1.807) is 17.0 Å². The maximum Gasteiger partial charge on any atom is 0.309 e. The molecule has 6 heteroatoms. The van der Waals surface area contributed by atoms with Gasteiger partial charge in [-0.3, -0.25) is 9.59 Å². The molecule has 132 valence electrons. The van der Waals surface area contributed by atoms with Gasteiger partial charge in [0.05, 0.1) is 18.7 Å². The Morgan fingerprint density at radius 3 is 2.88 bits per heavy atom. The first kappa shape index (κ1) is 17.1. The lowest BCUT2D eigenvalue weighted by molar-refractivity contribution is -0.153. The number of nitrogens with zero attached hydrogens (tertiary/aromatic N) is 1. The minimum Gasteiger partial charge on any atom is -0.492 e. The van der Waals surface area contributed by atoms with Crippen LogP contribution in [0.25, 0.3) is 0 Å². The number of hydrogen-bond acceptors (Lipinski definition) is 4. The highest BCUT2D eigenvalue weighted by Gasteiger charge is 2.42. The van der Waals surface area contributed by atoms with Crippen LogP contribution in [0.5, 0.6) is 5.75 Å². The number of furan rings is 1. The number of carbonyl (C=O) groups excluding carboxylic acids is 1. The van der Waals surface area contributed by atoms with Crippen LogP contribution in [-0.2, 0) is 9.59 Å². The number of likely N-dealkylation sites (tertiary alicyclic amines) is 1. The van der Waals surface area contributed by atoms with E-state index < -0.39 is 17.9 Å². The molecule has 3 rings (SSSR count). The maximum atomic E-state index is 12.4. The molecule has 0 aliphatic carbocycles. The third kappa shape index (κ3) is 3.84. The molecule has 25 heavy (non-hydrogen) atoms. The van der Waals surface area contributed by atoms with Gasteiger partial charge in [-0.25, -0.2) is 0 Å². The molecular weight excluding hydrogens is 322 g/mol. The van der Waals surface area contributed by atoms with Crippen LogP contribution >= 0.6 is 0 Å². The van der Waals surface area contributed by atoms with Crippen molar-refractivity contribution >= 4 is 11.9 Å². The third-order valence-corrected chi connectivity index (χ3v) is 4.45. The van der Waals surface area contributed by atoms with Crippen LogP contribution < -0.4 is 4.74 Å². The van der Waals surface area contributed by atoms with Crippen molar-refractivity contribution in [3.8, 4) is 5.75 Å². The molecular formula is C19H21NO5. The molecule has 2 heterocycles. The highest BCUT2D eigenvalue weighted by atomic mass is 16.5. The van der Waals surface area contributed by atoms with Crippen molar-refractivity contribution in [2.24, 2.45) is 5.92 Å². The fourth-order valence-electron chi connectivity index (χ4n) is 3.25. The van der Waals surface area contributed by atoms with Crippen LogP contribution in [0.1, 0.15) is 30.2 Å². The van der Waals surface area contributed by atoms with E-state index in [-0.39, 0.29) is 12.3 Å². The summed E-state index contributed by atoms with van der Waals surface area (Å²) >= 11 is 0. The Morgan fingerprint density at radius 2 is 2.20 bits per heavy atom. The van der Waals surface area contributed by atoms with Crippen LogP contribution in [0.4, 0.5) is 0 Å². The fourth-order valence-corrected chi connectivity index (χ4v) is 3.25. The number of hydrogen-bond donors (Lipinski definition) is 1. The average Bonchev–Trinajstić information content (AvgIpc) is 3.10. The van der Waals surface area contributed by atoms with Crippen LogP contribution in [-0.4, -0.2) is 35.0 Å². The number of carbonyl (C=O) groups is 2. The first-order valence-corrected chi connectivity index (χ1v) is 8.31. The quantitative estimate of drug-likeness (QED) is 0.872. The summed E-state index contributed by atoms with van der Waals surface area (Å²) in [4.78, 5) is 25.6. The number of rotatable bonds is 6. The molecule has 1 aromatic carbocycles. The van der Waals surface area contributed by atoms with Gasteiger partial charge in [-0.05, 0) is 43.2 Å². The molecule has 0 unspecified atom stereocenters. The standard InChI is InChI=1S/C19H21NO5/c1-13-4-2-5-14(12-13)24-11-9-20-17(21)8-7-15(19(22)23)18(20)16-6-3-10-25-16/h2-6,10,12,15,18H,7-9,11H2,1H3,(H,22,23)/t15-,18-/m1/s1. The summed E-state index contributed by atoms with van der Waals surface area (Å²) in [5.74, 6) is -0.446. The summed E-state index contributed by atoms with van der Waals surface area (Å²) in [5, 5.41) is 9.53. The van der Waals surface area contributed by atoms with E-state index in [9.17, 15) is 14.7 Å². The van der Waals surface area contributed by atoms with Crippen molar-refractivity contribution in [1.82, 2.24) is 4.90 Å². The van der Waals surface area contributed by atoms with Crippen molar-refractivity contribution in [2.45, 2.75) is 25.8 Å². The van der Waals surface area contributed by atoms with Crippen molar-refractivity contribution in [1.29, 1.82) is 0 Å². The maximum absolute atomic E-state index is 12.4. The summed E-state index contributed by atoms with van der Waals surface area (Å²) in [7, 11) is 0. The number of carboxylic acid groups (broad SMARTS) is 1.